The Labute approximate surface area is 645 Å². The molecule has 40 nitrogen and oxygen atoms in total. The number of unbranched alkanes of at least 4 members (excludes halogenated alkanes) is 2. The van der Waals surface area contributed by atoms with Crippen molar-refractivity contribution < 1.29 is 91.8 Å². The number of ketones is 1. The van der Waals surface area contributed by atoms with E-state index < -0.39 is 199 Å². The molecule has 111 heavy (non-hydrogen) atoms. The Morgan fingerprint density at radius 3 is 1.46 bits per heavy atom. The van der Waals surface area contributed by atoms with Gasteiger partial charge in [-0.05, 0) is 154 Å². The Kier molecular flexibility index (Phi) is 43.4. The van der Waals surface area contributed by atoms with Crippen molar-refractivity contribution in [2.24, 2.45) is 52.0 Å². The van der Waals surface area contributed by atoms with E-state index in [9.17, 15) is 77.0 Å². The number of Topliss-reactive ketones (excluding diaryl/α,β-unsaturated/α-hetero) is 1. The van der Waals surface area contributed by atoms with Crippen molar-refractivity contribution in [2.45, 2.75) is 242 Å². The predicted molar refractivity (Wildman–Crippen MR) is 405 cm³/mol. The number of aliphatic hydroxyl groups excluding tert-OH is 1. The summed E-state index contributed by atoms with van der Waals surface area (Å²) in [6.07, 6.45) is -2.91. The number of benzene rings is 1. The highest BCUT2D eigenvalue weighted by atomic mass is 16.3. The molecule has 40 heteroatoms. The molecule has 2 aliphatic heterocycles. The largest absolute Gasteiger partial charge is 0.393 e. The van der Waals surface area contributed by atoms with Gasteiger partial charge in [0.25, 0.3) is 0 Å². The van der Waals surface area contributed by atoms with Crippen LogP contribution in [0.15, 0.2) is 30.3 Å². The maximum Gasteiger partial charge on any atom is 0.338 e. The lowest BCUT2D eigenvalue weighted by molar-refractivity contribution is -0.460. The first-order valence-corrected chi connectivity index (χ1v) is 37.9. The molecule has 15 amide bonds. The van der Waals surface area contributed by atoms with Crippen molar-refractivity contribution >= 4 is 106 Å². The van der Waals surface area contributed by atoms with Crippen molar-refractivity contribution in [3.8, 4) is 0 Å². The molecule has 1 aromatic rings. The van der Waals surface area contributed by atoms with Gasteiger partial charge in [0.15, 0.2) is 5.78 Å². The smallest absolute Gasteiger partial charge is 0.338 e. The normalized spacial score (nSPS) is 23.1. The summed E-state index contributed by atoms with van der Waals surface area (Å²) in [5.74, 6) is -16.1. The molecule has 1 aromatic carbocycles. The van der Waals surface area contributed by atoms with E-state index in [-0.39, 0.29) is 153 Å². The van der Waals surface area contributed by atoms with Crippen LogP contribution in [-0.2, 0) is 83.1 Å². The molecular formula is C71H121N23O17+2. The number of hydrogen-bond donors (Lipinski definition) is 24. The minimum Gasteiger partial charge on any atom is -0.393 e. The molecule has 2 fully saturated rings. The zero-order valence-electron chi connectivity index (χ0n) is 64.3. The van der Waals surface area contributed by atoms with Gasteiger partial charge in [0.1, 0.15) is 60.4 Å². The van der Waals surface area contributed by atoms with Crippen LogP contribution < -0.4 is 125 Å². The van der Waals surface area contributed by atoms with E-state index in [0.717, 1.165) is 0 Å². The molecule has 620 valence electrons. The zero-order chi connectivity index (χ0) is 82.7. The lowest BCUT2D eigenvalue weighted by atomic mass is 9.90. The number of aliphatic hydroxyl groups is 1. The average molecular weight is 1570 g/mol. The Bertz CT molecular complexity index is 3350. The summed E-state index contributed by atoms with van der Waals surface area (Å²) in [4.78, 5) is 230. The molecule has 0 aromatic heterocycles. The van der Waals surface area contributed by atoms with E-state index in [0.29, 0.717) is 24.8 Å². The highest BCUT2D eigenvalue weighted by Gasteiger charge is 2.39. The zero-order valence-corrected chi connectivity index (χ0v) is 64.3. The second-order valence-corrected chi connectivity index (χ2v) is 28.3. The summed E-state index contributed by atoms with van der Waals surface area (Å²) in [5.41, 5.74) is 40.6. The molecule has 2 heterocycles. The second-order valence-electron chi connectivity index (χ2n) is 28.3. The van der Waals surface area contributed by atoms with Crippen molar-refractivity contribution in [2.75, 3.05) is 45.8 Å². The van der Waals surface area contributed by atoms with Crippen molar-refractivity contribution in [1.29, 1.82) is 0 Å². The monoisotopic (exact) mass is 1570 g/mol. The van der Waals surface area contributed by atoms with Gasteiger partial charge in [0.05, 0.1) is 50.5 Å². The molecule has 0 saturated carbocycles. The van der Waals surface area contributed by atoms with Gasteiger partial charge in [-0.15, -0.1) is 0 Å². The topological polar surface area (TPSA) is 672 Å². The first-order valence-electron chi connectivity index (χ1n) is 37.9. The van der Waals surface area contributed by atoms with Crippen molar-refractivity contribution in [3.05, 3.63) is 35.9 Å². The third kappa shape index (κ3) is 37.6. The SMILES string of the molecule is CC(=O)NCC(=O)N[C@@H](Cc1ccccc1)C(=O)C[C@H](C(=O)N[C@H]1CCCCNC(=O)C[C@@H](C(=O)N[C@H]2CCCCNC(=O)C[C@@H](C(N)=O)NC(=O)[C@H](CC(C)C)NC(=O)[C@H](CCCCN)NC(=O)[C@H](CCC[NH+]=C(N)N)NC2=O)NC(=O)[C@H](CCCCN)NC(=O)[C@H](CCC[NH+]=C(N)N)NC(=O)[C@H](C)NC1=O)C(C)O. The first-order chi connectivity index (χ1) is 52.6. The van der Waals surface area contributed by atoms with Crippen LogP contribution in [0.1, 0.15) is 169 Å². The Morgan fingerprint density at radius 1 is 0.541 bits per heavy atom. The lowest BCUT2D eigenvalue weighted by Gasteiger charge is -2.29. The molecule has 0 bridgehead atoms. The van der Waals surface area contributed by atoms with Crippen LogP contribution in [0.25, 0.3) is 0 Å². The summed E-state index contributed by atoms with van der Waals surface area (Å²) in [6.45, 7) is 7.04. The number of guanidine groups is 2. The lowest BCUT2D eigenvalue weighted by Crippen LogP contribution is -2.78. The summed E-state index contributed by atoms with van der Waals surface area (Å²) < 4.78 is 0. The van der Waals surface area contributed by atoms with Crippen LogP contribution in [-0.4, -0.2) is 230 Å². The van der Waals surface area contributed by atoms with Gasteiger partial charge in [-0.3, -0.25) is 110 Å². The molecule has 2 saturated heterocycles. The number of nitrogens with two attached hydrogens (primary N) is 7. The number of amides is 15. The molecule has 0 radical (unpaired) electrons. The van der Waals surface area contributed by atoms with Gasteiger partial charge < -0.3 is 96.7 Å². The van der Waals surface area contributed by atoms with Crippen LogP contribution >= 0.6 is 0 Å². The third-order valence-electron chi connectivity index (χ3n) is 18.2. The summed E-state index contributed by atoms with van der Waals surface area (Å²) in [7, 11) is 0. The van der Waals surface area contributed by atoms with Gasteiger partial charge in [0, 0.05) is 26.4 Å². The Balaban J connectivity index is 2.19. The molecule has 3 rings (SSSR count). The Morgan fingerprint density at radius 2 is 0.982 bits per heavy atom. The van der Waals surface area contributed by atoms with Gasteiger partial charge in [-0.1, -0.05) is 44.2 Å². The molecule has 31 N–H and O–H groups in total. The molecule has 1 unspecified atom stereocenters. The van der Waals surface area contributed by atoms with Crippen molar-refractivity contribution in [3.63, 3.8) is 0 Å². The number of rotatable bonds is 32. The third-order valence-corrected chi connectivity index (χ3v) is 18.2. The highest BCUT2D eigenvalue weighted by molar-refractivity contribution is 6.01. The summed E-state index contributed by atoms with van der Waals surface area (Å²) in [5, 5.41) is 47.5. The number of carbonyl (C=O) groups excluding carboxylic acids is 16. The Hall–Kier alpha value is -10.6. The predicted octanol–water partition coefficient (Wildman–Crippen LogP) is -10.9. The highest BCUT2D eigenvalue weighted by Crippen LogP contribution is 2.18. The van der Waals surface area contributed by atoms with Gasteiger partial charge in [-0.2, -0.15) is 0 Å². The quantitative estimate of drug-likeness (QED) is 0.0181. The van der Waals surface area contributed by atoms with Gasteiger partial charge in [0.2, 0.25) is 88.6 Å². The maximum absolute atomic E-state index is 15.1. The van der Waals surface area contributed by atoms with Crippen LogP contribution in [0.4, 0.5) is 0 Å². The average Bonchev–Trinajstić information content (AvgIpc) is 0.858. The fourth-order valence-corrected chi connectivity index (χ4v) is 12.0. The van der Waals surface area contributed by atoms with Crippen LogP contribution in [0.3, 0.4) is 0 Å². The van der Waals surface area contributed by atoms with E-state index in [1.165, 1.54) is 20.8 Å². The van der Waals surface area contributed by atoms with E-state index >= 15 is 4.79 Å². The van der Waals surface area contributed by atoms with E-state index in [1.54, 1.807) is 44.2 Å². The van der Waals surface area contributed by atoms with Gasteiger partial charge >= 0.3 is 11.9 Å². The number of hydrogen-bond acceptors (Lipinski definition) is 19. The van der Waals surface area contributed by atoms with E-state index in [4.69, 9.17) is 40.1 Å². The number of primary amides is 1. The summed E-state index contributed by atoms with van der Waals surface area (Å²) >= 11 is 0. The van der Waals surface area contributed by atoms with Crippen LogP contribution in [0.5, 0.6) is 0 Å². The standard InChI is InChI=1S/C71H119N23O17/c1-39(2)33-53-68(110)92-52(59(74)101)36-56(98)79-29-16-12-24-48(63(105)90-50(26-18-32-82-71(77)78)65(107)89-46(66(108)93-53)21-9-13-27-72)91-69(111)54-37-57(99)80-30-15-11-23-45(87-61(103)44(41(4)95)35-55(97)51(34-43-19-7-6-8-20-43)85-58(100)38-83-42(5)96)62(104)84-40(3)60(102)86-49(25-17-31-81-70(75)76)64(106)88-47(67(109)94-54)22-10-14-28-73/h6-8,19-20,39-41,44-54,95H,9-18,21-38,72-73H2,1-5H3,(H2,74,101)(H,79,98)(H,80,99)(H,83,96)(H,84,104)(H,85,100)(H,86,102)(H,87,103)(H,88,106)(H,89,107)(H,90,105)(H,91,111)(H,92,110)(H,93,108)(H,94,109)(H4,75,76,81)(H4,77,78,82)/p+2/t40-,41?,44-,45-,46-,47-,48-,49-,50-,51-,52-,53-,54-/m0/s1. The molecule has 0 spiro atoms. The molecular weight excluding hydrogens is 1450 g/mol. The fourth-order valence-electron chi connectivity index (χ4n) is 12.0. The minimum atomic E-state index is -1.87. The minimum absolute atomic E-state index is 0.0188. The summed E-state index contributed by atoms with van der Waals surface area (Å²) in [6, 6.07) is -7.83. The van der Waals surface area contributed by atoms with Gasteiger partial charge in [-0.25, -0.2) is 0 Å². The van der Waals surface area contributed by atoms with E-state index in [1.807, 2.05) is 0 Å². The van der Waals surface area contributed by atoms with E-state index in [2.05, 4.69) is 84.4 Å². The maximum atomic E-state index is 15.1. The second kappa shape index (κ2) is 50.9. The van der Waals surface area contributed by atoms with Crippen molar-refractivity contribution in [1.82, 2.24) is 74.4 Å². The molecule has 2 aliphatic rings. The molecule has 0 aliphatic carbocycles. The van der Waals surface area contributed by atoms with Crippen LogP contribution in [0, 0.1) is 11.8 Å². The van der Waals surface area contributed by atoms with Crippen LogP contribution in [0.2, 0.25) is 0 Å². The fraction of sp³-hybridized carbons (Fsp3) is 0.662. The number of nitrogens with one attached hydrogen (secondary N) is 16. The first kappa shape index (κ1) is 94.6. The number of carbonyl (C=O) groups is 16. The molecule has 13 atom stereocenters.